The molecule has 9 heteroatoms. The molecular weight excluding hydrogens is 398 g/mol. The fourth-order valence-electron chi connectivity index (χ4n) is 3.17. The lowest BCUT2D eigenvalue weighted by atomic mass is 10.1. The van der Waals surface area contributed by atoms with Crippen molar-refractivity contribution in [2.45, 2.75) is 26.9 Å². The highest BCUT2D eigenvalue weighted by molar-refractivity contribution is 8.02. The highest BCUT2D eigenvalue weighted by atomic mass is 32.2. The van der Waals surface area contributed by atoms with Crippen LogP contribution in [0.25, 0.3) is 0 Å². The lowest BCUT2D eigenvalue weighted by Crippen LogP contribution is -2.15. The average Bonchev–Trinajstić information content (AvgIpc) is 3.21. The summed E-state index contributed by atoms with van der Waals surface area (Å²) in [5.41, 5.74) is -2.45. The quantitative estimate of drug-likeness (QED) is 0.316. The number of esters is 1. The molecule has 1 N–H and O–H groups in total. The van der Waals surface area contributed by atoms with Crippen molar-refractivity contribution >= 4 is 17.7 Å². The number of carbonyl (C=O) groups excluding carboxylic acids is 1. The predicted octanol–water partition coefficient (Wildman–Crippen LogP) is 3.86. The molecule has 1 aliphatic carbocycles. The number of hydrogen-bond donors (Lipinski definition) is 1. The third-order valence-corrected chi connectivity index (χ3v) is 5.66. The molecule has 0 heterocycles. The Labute approximate surface area is 164 Å². The Hall–Kier alpha value is -2.05. The normalized spacial score (nSPS) is 20.6. The number of aliphatic hydroxyl groups is 1. The van der Waals surface area contributed by atoms with Crippen LogP contribution >= 0.6 is 11.8 Å². The maximum absolute atomic E-state index is 14.1. The van der Waals surface area contributed by atoms with E-state index in [0.29, 0.717) is 4.91 Å². The summed E-state index contributed by atoms with van der Waals surface area (Å²) in [6.07, 6.45) is 2.76. The van der Waals surface area contributed by atoms with Crippen LogP contribution in [0.2, 0.25) is 0 Å². The second-order valence-corrected chi connectivity index (χ2v) is 7.81. The van der Waals surface area contributed by atoms with E-state index in [1.807, 2.05) is 6.07 Å². The smallest absolute Gasteiger partial charge is 0.310 e. The fraction of sp³-hybridized carbons (Fsp3) is 0.474. The van der Waals surface area contributed by atoms with E-state index >= 15 is 0 Å². The highest BCUT2D eigenvalue weighted by Crippen LogP contribution is 2.60. The summed E-state index contributed by atoms with van der Waals surface area (Å²) in [5, 5.41) is 17.8. The molecule has 0 aromatic heterocycles. The van der Waals surface area contributed by atoms with E-state index in [1.54, 1.807) is 26.2 Å². The van der Waals surface area contributed by atoms with Crippen molar-refractivity contribution in [2.75, 3.05) is 12.9 Å². The number of ether oxygens (including phenoxy) is 1. The maximum Gasteiger partial charge on any atom is 0.310 e. The molecule has 0 spiro atoms. The standard InChI is InChI=1S/C19H19F4NO3S/c1-19(2)12(6-9(7-24)28-3)13(19)18(26)27-8-11-16(22)14(20)10(4-5-25)15(21)17(11)23/h6,12-13,25H,4-5,8H2,1-3H3/b9-6+/t12-,13+/m1/s1. The van der Waals surface area contributed by atoms with Gasteiger partial charge in [0, 0.05) is 18.6 Å². The van der Waals surface area contributed by atoms with Gasteiger partial charge in [0.25, 0.3) is 0 Å². The van der Waals surface area contributed by atoms with Gasteiger partial charge in [0.2, 0.25) is 0 Å². The zero-order valence-corrected chi connectivity index (χ0v) is 16.3. The van der Waals surface area contributed by atoms with Gasteiger partial charge in [-0.05, 0) is 17.6 Å². The second-order valence-electron chi connectivity index (χ2n) is 6.97. The van der Waals surface area contributed by atoms with Crippen LogP contribution in [0, 0.1) is 51.9 Å². The molecule has 0 radical (unpaired) electrons. The van der Waals surface area contributed by atoms with Gasteiger partial charge in [-0.3, -0.25) is 4.79 Å². The molecule has 1 saturated carbocycles. The van der Waals surface area contributed by atoms with Crippen LogP contribution in [0.5, 0.6) is 0 Å². The third kappa shape index (κ3) is 4.03. The summed E-state index contributed by atoms with van der Waals surface area (Å²) in [7, 11) is 0. The number of allylic oxidation sites excluding steroid dienone is 2. The molecule has 0 aliphatic heterocycles. The summed E-state index contributed by atoms with van der Waals surface area (Å²) in [6.45, 7) is 1.90. The van der Waals surface area contributed by atoms with Crippen LogP contribution < -0.4 is 0 Å². The van der Waals surface area contributed by atoms with Gasteiger partial charge >= 0.3 is 5.97 Å². The average molecular weight is 417 g/mol. The molecular formula is C19H19F4NO3S. The fourth-order valence-corrected chi connectivity index (χ4v) is 3.54. The zero-order chi connectivity index (χ0) is 21.2. The molecule has 1 fully saturated rings. The third-order valence-electron chi connectivity index (χ3n) is 4.99. The topological polar surface area (TPSA) is 70.3 Å². The summed E-state index contributed by atoms with van der Waals surface area (Å²) in [5.74, 6) is -8.26. The largest absolute Gasteiger partial charge is 0.460 e. The molecule has 152 valence electrons. The van der Waals surface area contributed by atoms with Crippen molar-refractivity contribution in [2.24, 2.45) is 17.3 Å². The molecule has 4 nitrogen and oxygen atoms in total. The van der Waals surface area contributed by atoms with Crippen LogP contribution in [0.4, 0.5) is 17.6 Å². The second kappa shape index (κ2) is 8.53. The van der Waals surface area contributed by atoms with Gasteiger partial charge in [0.15, 0.2) is 23.3 Å². The molecule has 2 rings (SSSR count). The molecule has 1 aromatic rings. The first-order chi connectivity index (χ1) is 13.1. The van der Waals surface area contributed by atoms with Gasteiger partial charge in [-0.15, -0.1) is 11.8 Å². The Balaban J connectivity index is 2.18. The number of thioether (sulfide) groups is 1. The van der Waals surface area contributed by atoms with Gasteiger partial charge in [-0.1, -0.05) is 19.9 Å². The number of rotatable bonds is 7. The Kier molecular flexibility index (Phi) is 6.78. The first-order valence-corrected chi connectivity index (χ1v) is 9.61. The van der Waals surface area contributed by atoms with Gasteiger partial charge in [-0.25, -0.2) is 17.6 Å². The van der Waals surface area contributed by atoms with Crippen molar-refractivity contribution in [1.29, 1.82) is 5.26 Å². The van der Waals surface area contributed by atoms with E-state index in [9.17, 15) is 22.4 Å². The summed E-state index contributed by atoms with van der Waals surface area (Å²) in [4.78, 5) is 12.7. The van der Waals surface area contributed by atoms with Crippen LogP contribution in [-0.2, 0) is 22.6 Å². The number of nitriles is 1. The summed E-state index contributed by atoms with van der Waals surface area (Å²) < 4.78 is 60.9. The Morgan fingerprint density at radius 3 is 2.21 bits per heavy atom. The number of hydrogen-bond acceptors (Lipinski definition) is 5. The molecule has 1 aliphatic rings. The molecule has 0 saturated heterocycles. The van der Waals surface area contributed by atoms with Crippen molar-refractivity contribution in [3.8, 4) is 6.07 Å². The Morgan fingerprint density at radius 2 is 1.75 bits per heavy atom. The van der Waals surface area contributed by atoms with E-state index in [0.717, 1.165) is 0 Å². The Morgan fingerprint density at radius 1 is 1.21 bits per heavy atom. The van der Waals surface area contributed by atoms with Crippen LogP contribution in [0.15, 0.2) is 11.0 Å². The molecule has 0 amide bonds. The van der Waals surface area contributed by atoms with Crippen molar-refractivity contribution in [3.63, 3.8) is 0 Å². The van der Waals surface area contributed by atoms with E-state index < -0.39 is 71.3 Å². The van der Waals surface area contributed by atoms with E-state index in [2.05, 4.69) is 0 Å². The van der Waals surface area contributed by atoms with Crippen molar-refractivity contribution in [1.82, 2.24) is 0 Å². The first-order valence-electron chi connectivity index (χ1n) is 8.38. The highest BCUT2D eigenvalue weighted by Gasteiger charge is 2.61. The first kappa shape index (κ1) is 22.2. The van der Waals surface area contributed by atoms with E-state index in [-0.39, 0.29) is 5.92 Å². The van der Waals surface area contributed by atoms with Gasteiger partial charge in [-0.2, -0.15) is 5.26 Å². The number of halogens is 4. The zero-order valence-electron chi connectivity index (χ0n) is 15.5. The molecule has 0 bridgehead atoms. The number of carbonyl (C=O) groups is 1. The van der Waals surface area contributed by atoms with Crippen molar-refractivity contribution in [3.05, 3.63) is 45.4 Å². The van der Waals surface area contributed by atoms with Gasteiger partial charge in [0.1, 0.15) is 12.7 Å². The van der Waals surface area contributed by atoms with E-state index in [4.69, 9.17) is 15.1 Å². The van der Waals surface area contributed by atoms with Crippen molar-refractivity contribution < 1.29 is 32.2 Å². The Bertz CT molecular complexity index is 835. The molecule has 28 heavy (non-hydrogen) atoms. The van der Waals surface area contributed by atoms with Gasteiger partial charge < -0.3 is 9.84 Å². The molecule has 1 aromatic carbocycles. The van der Waals surface area contributed by atoms with Crippen LogP contribution in [-0.4, -0.2) is 23.9 Å². The maximum atomic E-state index is 14.1. The lowest BCUT2D eigenvalue weighted by molar-refractivity contribution is -0.147. The summed E-state index contributed by atoms with van der Waals surface area (Å²) in [6, 6.07) is 1.99. The van der Waals surface area contributed by atoms with Crippen LogP contribution in [0.1, 0.15) is 25.0 Å². The minimum Gasteiger partial charge on any atom is -0.460 e. The van der Waals surface area contributed by atoms with Crippen LogP contribution in [0.3, 0.4) is 0 Å². The minimum absolute atomic E-state index is 0.294. The lowest BCUT2D eigenvalue weighted by Gasteiger charge is -2.12. The predicted molar refractivity (Wildman–Crippen MR) is 94.8 cm³/mol. The summed E-state index contributed by atoms with van der Waals surface area (Å²) >= 11 is 1.22. The molecule has 2 atom stereocenters. The number of nitrogens with zero attached hydrogens (tertiary/aromatic N) is 1. The molecule has 0 unspecified atom stereocenters. The van der Waals surface area contributed by atoms with E-state index in [1.165, 1.54) is 11.8 Å². The minimum atomic E-state index is -1.66. The SMILES string of the molecule is CS/C(C#N)=C/[C@@H]1[C@@H](C(=O)OCc2c(F)c(F)c(CCO)c(F)c2F)C1(C)C. The number of benzene rings is 1. The van der Waals surface area contributed by atoms with Gasteiger partial charge in [0.05, 0.1) is 16.4 Å². The number of aliphatic hydroxyl groups excluding tert-OH is 1. The monoisotopic (exact) mass is 417 g/mol.